The van der Waals surface area contributed by atoms with Gasteiger partial charge in [0.2, 0.25) is 0 Å². The maximum Gasteiger partial charge on any atom is 0.306 e. The van der Waals surface area contributed by atoms with Crippen molar-refractivity contribution in [3.63, 3.8) is 0 Å². The van der Waals surface area contributed by atoms with Gasteiger partial charge in [0.05, 0.1) is 13.5 Å². The zero-order valence-corrected chi connectivity index (χ0v) is 11.3. The monoisotopic (exact) mass is 257 g/mol. The zero-order valence-electron chi connectivity index (χ0n) is 11.3. The molecule has 2 N–H and O–H groups in total. The fourth-order valence-electron chi connectivity index (χ4n) is 2.42. The Labute approximate surface area is 113 Å². The summed E-state index contributed by atoms with van der Waals surface area (Å²) >= 11 is 0. The summed E-state index contributed by atoms with van der Waals surface area (Å²) in [5.41, 5.74) is 6.61. The van der Waals surface area contributed by atoms with Crippen LogP contribution in [-0.2, 0) is 14.9 Å². The summed E-state index contributed by atoms with van der Waals surface area (Å²) < 4.78 is 4.79. The molecule has 1 atom stereocenters. The number of carbonyl (C=O) groups excluding carboxylic acids is 1. The van der Waals surface area contributed by atoms with Crippen molar-refractivity contribution in [3.05, 3.63) is 48.0 Å². The smallest absolute Gasteiger partial charge is 0.306 e. The molecule has 0 radical (unpaired) electrons. The summed E-state index contributed by atoms with van der Waals surface area (Å²) in [4.78, 5) is 11.6. The van der Waals surface area contributed by atoms with Crippen molar-refractivity contribution in [1.29, 1.82) is 0 Å². The van der Waals surface area contributed by atoms with Crippen molar-refractivity contribution in [2.24, 2.45) is 5.73 Å². The van der Waals surface area contributed by atoms with Crippen LogP contribution in [0, 0.1) is 0 Å². The minimum atomic E-state index is -0.409. The molecule has 2 aromatic rings. The number of carbonyl (C=O) groups is 1. The predicted octanol–water partition coefficient (Wildman–Crippen LogP) is 2.62. The Morgan fingerprint density at radius 2 is 1.89 bits per heavy atom. The van der Waals surface area contributed by atoms with Crippen LogP contribution in [0.15, 0.2) is 42.5 Å². The lowest BCUT2D eigenvalue weighted by Gasteiger charge is -2.28. The Kier molecular flexibility index (Phi) is 3.86. The summed E-state index contributed by atoms with van der Waals surface area (Å²) in [6.07, 6.45) is 0.286. The third-order valence-electron chi connectivity index (χ3n) is 3.65. The molecule has 0 saturated carbocycles. The van der Waals surface area contributed by atoms with Gasteiger partial charge in [0.25, 0.3) is 0 Å². The van der Waals surface area contributed by atoms with Gasteiger partial charge >= 0.3 is 5.97 Å². The zero-order chi connectivity index (χ0) is 13.9. The summed E-state index contributed by atoms with van der Waals surface area (Å²) in [7, 11) is 1.41. The van der Waals surface area contributed by atoms with E-state index in [0.29, 0.717) is 6.54 Å². The number of rotatable bonds is 4. The largest absolute Gasteiger partial charge is 0.469 e. The molecular formula is C16H19NO2. The molecule has 0 fully saturated rings. The van der Waals surface area contributed by atoms with Gasteiger partial charge in [-0.25, -0.2) is 0 Å². The molecule has 0 aliphatic rings. The fourth-order valence-corrected chi connectivity index (χ4v) is 2.42. The number of benzene rings is 2. The van der Waals surface area contributed by atoms with Crippen LogP contribution in [0.1, 0.15) is 18.9 Å². The average Bonchev–Trinajstić information content (AvgIpc) is 2.46. The maximum atomic E-state index is 11.6. The van der Waals surface area contributed by atoms with E-state index in [1.807, 2.05) is 31.2 Å². The molecule has 3 nitrogen and oxygen atoms in total. The fraction of sp³-hybridized carbons (Fsp3) is 0.312. The summed E-state index contributed by atoms with van der Waals surface area (Å²) in [6.45, 7) is 2.40. The highest BCUT2D eigenvalue weighted by molar-refractivity contribution is 5.87. The van der Waals surface area contributed by atoms with E-state index < -0.39 is 5.41 Å². The molecule has 3 heteroatoms. The average molecular weight is 257 g/mol. The molecule has 0 spiro atoms. The van der Waals surface area contributed by atoms with E-state index in [-0.39, 0.29) is 12.4 Å². The first-order chi connectivity index (χ1) is 9.10. The molecule has 0 saturated heterocycles. The van der Waals surface area contributed by atoms with Gasteiger partial charge < -0.3 is 10.5 Å². The second kappa shape index (κ2) is 5.41. The third-order valence-corrected chi connectivity index (χ3v) is 3.65. The van der Waals surface area contributed by atoms with Gasteiger partial charge in [-0.05, 0) is 16.3 Å². The van der Waals surface area contributed by atoms with Crippen LogP contribution in [-0.4, -0.2) is 19.6 Å². The first kappa shape index (κ1) is 13.6. The SMILES string of the molecule is COC(=O)CC(C)(CN)c1cccc2ccccc12. The van der Waals surface area contributed by atoms with E-state index in [4.69, 9.17) is 10.5 Å². The van der Waals surface area contributed by atoms with E-state index in [9.17, 15) is 4.79 Å². The highest BCUT2D eigenvalue weighted by Gasteiger charge is 2.30. The Bertz CT molecular complexity index is 589. The van der Waals surface area contributed by atoms with E-state index in [2.05, 4.69) is 18.2 Å². The molecular weight excluding hydrogens is 238 g/mol. The van der Waals surface area contributed by atoms with E-state index in [1.54, 1.807) is 0 Å². The molecule has 2 aromatic carbocycles. The minimum absolute atomic E-state index is 0.235. The number of hydrogen-bond donors (Lipinski definition) is 1. The van der Waals surface area contributed by atoms with Crippen molar-refractivity contribution >= 4 is 16.7 Å². The number of fused-ring (bicyclic) bond motifs is 1. The Balaban J connectivity index is 2.54. The number of hydrogen-bond acceptors (Lipinski definition) is 3. The Morgan fingerprint density at radius 1 is 1.21 bits per heavy atom. The highest BCUT2D eigenvalue weighted by Crippen LogP contribution is 2.32. The molecule has 0 heterocycles. The lowest BCUT2D eigenvalue weighted by atomic mass is 9.77. The van der Waals surface area contributed by atoms with E-state index >= 15 is 0 Å². The van der Waals surface area contributed by atoms with E-state index in [0.717, 1.165) is 16.3 Å². The van der Waals surface area contributed by atoms with Crippen molar-refractivity contribution < 1.29 is 9.53 Å². The molecule has 0 amide bonds. The maximum absolute atomic E-state index is 11.6. The normalized spacial score (nSPS) is 14.1. The van der Waals surface area contributed by atoms with Crippen LogP contribution in [0.3, 0.4) is 0 Å². The standard InChI is InChI=1S/C16H19NO2/c1-16(11-17,10-15(18)19-2)14-9-5-7-12-6-3-4-8-13(12)14/h3-9H,10-11,17H2,1-2H3. The minimum Gasteiger partial charge on any atom is -0.469 e. The Morgan fingerprint density at radius 3 is 2.58 bits per heavy atom. The van der Waals surface area contributed by atoms with Crippen LogP contribution in [0.5, 0.6) is 0 Å². The molecule has 0 aromatic heterocycles. The first-order valence-corrected chi connectivity index (χ1v) is 6.36. The summed E-state index contributed by atoms with van der Waals surface area (Å²) in [5.74, 6) is -0.235. The third kappa shape index (κ3) is 2.61. The molecule has 0 bridgehead atoms. The lowest BCUT2D eigenvalue weighted by Crippen LogP contribution is -2.35. The van der Waals surface area contributed by atoms with Crippen LogP contribution in [0.2, 0.25) is 0 Å². The number of esters is 1. The Hall–Kier alpha value is -1.87. The highest BCUT2D eigenvalue weighted by atomic mass is 16.5. The first-order valence-electron chi connectivity index (χ1n) is 6.36. The molecule has 0 aliphatic carbocycles. The quantitative estimate of drug-likeness (QED) is 0.857. The molecule has 1 unspecified atom stereocenters. The lowest BCUT2D eigenvalue weighted by molar-refractivity contribution is -0.141. The molecule has 0 aliphatic heterocycles. The molecule has 100 valence electrons. The van der Waals surface area contributed by atoms with Crippen LogP contribution >= 0.6 is 0 Å². The molecule has 19 heavy (non-hydrogen) atoms. The van der Waals surface area contributed by atoms with Crippen molar-refractivity contribution in [3.8, 4) is 0 Å². The van der Waals surface area contributed by atoms with Gasteiger partial charge in [0.15, 0.2) is 0 Å². The predicted molar refractivity (Wildman–Crippen MR) is 77.0 cm³/mol. The second-order valence-corrected chi connectivity index (χ2v) is 5.04. The second-order valence-electron chi connectivity index (χ2n) is 5.04. The van der Waals surface area contributed by atoms with Crippen LogP contribution in [0.4, 0.5) is 0 Å². The number of nitrogens with two attached hydrogens (primary N) is 1. The summed E-state index contributed by atoms with van der Waals surface area (Å²) in [5, 5.41) is 2.30. The van der Waals surface area contributed by atoms with Gasteiger partial charge in [-0.2, -0.15) is 0 Å². The van der Waals surface area contributed by atoms with Crippen LogP contribution in [0.25, 0.3) is 10.8 Å². The topological polar surface area (TPSA) is 52.3 Å². The number of methoxy groups -OCH3 is 1. The van der Waals surface area contributed by atoms with Gasteiger partial charge in [-0.3, -0.25) is 4.79 Å². The number of ether oxygens (including phenoxy) is 1. The molecule has 2 rings (SSSR count). The van der Waals surface area contributed by atoms with Crippen molar-refractivity contribution in [2.45, 2.75) is 18.8 Å². The van der Waals surface area contributed by atoms with Crippen molar-refractivity contribution in [2.75, 3.05) is 13.7 Å². The van der Waals surface area contributed by atoms with Gasteiger partial charge in [-0.15, -0.1) is 0 Å². The van der Waals surface area contributed by atoms with Crippen LogP contribution < -0.4 is 5.73 Å². The van der Waals surface area contributed by atoms with Gasteiger partial charge in [0.1, 0.15) is 0 Å². The van der Waals surface area contributed by atoms with Gasteiger partial charge in [-0.1, -0.05) is 49.4 Å². The van der Waals surface area contributed by atoms with Gasteiger partial charge in [0, 0.05) is 12.0 Å². The van der Waals surface area contributed by atoms with E-state index in [1.165, 1.54) is 7.11 Å². The summed E-state index contributed by atoms with van der Waals surface area (Å²) in [6, 6.07) is 14.2. The van der Waals surface area contributed by atoms with Crippen molar-refractivity contribution in [1.82, 2.24) is 0 Å².